The minimum absolute atomic E-state index is 0.0000910. The first kappa shape index (κ1) is 21.7. The summed E-state index contributed by atoms with van der Waals surface area (Å²) in [5.74, 6) is 0.0722. The minimum Gasteiger partial charge on any atom is -0.371 e. The molecule has 0 radical (unpaired) electrons. The molecule has 33 heavy (non-hydrogen) atoms. The number of benzene rings is 3. The van der Waals surface area contributed by atoms with Crippen molar-refractivity contribution in [3.8, 4) is 0 Å². The van der Waals surface area contributed by atoms with Crippen LogP contribution in [0.25, 0.3) is 10.8 Å². The molecule has 5 heteroatoms. The maximum atomic E-state index is 12.8. The van der Waals surface area contributed by atoms with Crippen molar-refractivity contribution in [3.05, 3.63) is 83.4 Å². The number of hydrogen-bond donors (Lipinski definition) is 2. The first-order valence-electron chi connectivity index (χ1n) is 11.9. The Hall–Kier alpha value is -3.18. The highest BCUT2D eigenvalue weighted by molar-refractivity contribution is 5.86. The van der Waals surface area contributed by atoms with Crippen LogP contribution in [-0.4, -0.2) is 30.5 Å². The SMILES string of the molecule is O=C(CC[C@]1(Cc2cccc3ccccc23)CCC(=O)N1)NC[C@@H]1OCCc2ccccc21. The highest BCUT2D eigenvalue weighted by Crippen LogP contribution is 2.32. The van der Waals surface area contributed by atoms with Gasteiger partial charge in [-0.1, -0.05) is 66.7 Å². The number of carbonyl (C=O) groups excluding carboxylic acids is 2. The molecule has 0 spiro atoms. The Bertz CT molecular complexity index is 1170. The monoisotopic (exact) mass is 442 g/mol. The molecule has 2 heterocycles. The van der Waals surface area contributed by atoms with E-state index >= 15 is 0 Å². The Labute approximate surface area is 194 Å². The average Bonchev–Trinajstić information content (AvgIpc) is 3.22. The summed E-state index contributed by atoms with van der Waals surface area (Å²) < 4.78 is 5.91. The minimum atomic E-state index is -0.382. The lowest BCUT2D eigenvalue weighted by molar-refractivity contribution is -0.123. The topological polar surface area (TPSA) is 67.4 Å². The third kappa shape index (κ3) is 4.79. The molecular weight excluding hydrogens is 412 g/mol. The predicted octanol–water partition coefficient (Wildman–Crippen LogP) is 4.24. The van der Waals surface area contributed by atoms with Gasteiger partial charge in [0.25, 0.3) is 0 Å². The van der Waals surface area contributed by atoms with Crippen LogP contribution in [0.15, 0.2) is 66.7 Å². The Morgan fingerprint density at radius 1 is 1.03 bits per heavy atom. The molecule has 1 saturated heterocycles. The van der Waals surface area contributed by atoms with Gasteiger partial charge in [0, 0.05) is 24.9 Å². The van der Waals surface area contributed by atoms with Crippen LogP contribution >= 0.6 is 0 Å². The maximum Gasteiger partial charge on any atom is 0.220 e. The van der Waals surface area contributed by atoms with Crippen molar-refractivity contribution in [2.24, 2.45) is 0 Å². The zero-order valence-corrected chi connectivity index (χ0v) is 18.8. The van der Waals surface area contributed by atoms with Gasteiger partial charge in [-0.25, -0.2) is 0 Å². The third-order valence-electron chi connectivity index (χ3n) is 7.05. The number of hydrogen-bond acceptors (Lipinski definition) is 3. The molecule has 0 aromatic heterocycles. The third-order valence-corrected chi connectivity index (χ3v) is 7.05. The average molecular weight is 443 g/mol. The van der Waals surface area contributed by atoms with Gasteiger partial charge in [0.15, 0.2) is 0 Å². The molecule has 3 aromatic carbocycles. The highest BCUT2D eigenvalue weighted by Gasteiger charge is 2.38. The van der Waals surface area contributed by atoms with E-state index in [-0.39, 0.29) is 23.5 Å². The Balaban J connectivity index is 1.24. The van der Waals surface area contributed by atoms with E-state index in [0.29, 0.717) is 32.4 Å². The molecule has 2 atom stereocenters. The fraction of sp³-hybridized carbons (Fsp3) is 0.357. The van der Waals surface area contributed by atoms with Crippen LogP contribution in [0.3, 0.4) is 0 Å². The molecule has 2 aliphatic heterocycles. The molecule has 2 N–H and O–H groups in total. The summed E-state index contributed by atoms with van der Waals surface area (Å²) in [4.78, 5) is 24.9. The van der Waals surface area contributed by atoms with Crippen molar-refractivity contribution in [2.45, 2.75) is 50.2 Å². The summed E-state index contributed by atoms with van der Waals surface area (Å²) in [5, 5.41) is 8.67. The van der Waals surface area contributed by atoms with Gasteiger partial charge < -0.3 is 15.4 Å². The molecule has 0 unspecified atom stereocenters. The number of amides is 2. The molecule has 5 nitrogen and oxygen atoms in total. The van der Waals surface area contributed by atoms with Crippen molar-refractivity contribution in [1.82, 2.24) is 10.6 Å². The number of nitrogens with one attached hydrogen (secondary N) is 2. The summed E-state index contributed by atoms with van der Waals surface area (Å²) in [7, 11) is 0. The van der Waals surface area contributed by atoms with E-state index in [1.165, 1.54) is 27.5 Å². The summed E-state index contributed by atoms with van der Waals surface area (Å²) in [6.45, 7) is 1.15. The van der Waals surface area contributed by atoms with Gasteiger partial charge in [-0.3, -0.25) is 9.59 Å². The summed E-state index contributed by atoms with van der Waals surface area (Å²) in [6.07, 6.45) is 3.80. The Kier molecular flexibility index (Phi) is 6.14. The molecular formula is C28H30N2O3. The van der Waals surface area contributed by atoms with E-state index in [4.69, 9.17) is 4.74 Å². The molecule has 0 bridgehead atoms. The van der Waals surface area contributed by atoms with Crippen LogP contribution in [-0.2, 0) is 27.2 Å². The normalized spacial score (nSPS) is 22.1. The van der Waals surface area contributed by atoms with E-state index < -0.39 is 0 Å². The highest BCUT2D eigenvalue weighted by atomic mass is 16.5. The Morgan fingerprint density at radius 2 is 1.85 bits per heavy atom. The van der Waals surface area contributed by atoms with E-state index in [9.17, 15) is 9.59 Å². The molecule has 2 amide bonds. The second-order valence-electron chi connectivity index (χ2n) is 9.26. The number of rotatable bonds is 7. The zero-order valence-electron chi connectivity index (χ0n) is 18.8. The van der Waals surface area contributed by atoms with E-state index in [1.54, 1.807) is 0 Å². The molecule has 5 rings (SSSR count). The van der Waals surface area contributed by atoms with Gasteiger partial charge in [-0.2, -0.15) is 0 Å². The maximum absolute atomic E-state index is 12.8. The number of ether oxygens (including phenoxy) is 1. The van der Waals surface area contributed by atoms with E-state index in [0.717, 1.165) is 19.3 Å². The quantitative estimate of drug-likeness (QED) is 0.575. The van der Waals surface area contributed by atoms with Gasteiger partial charge >= 0.3 is 0 Å². The van der Waals surface area contributed by atoms with Gasteiger partial charge in [0.05, 0.1) is 6.61 Å². The fourth-order valence-corrected chi connectivity index (χ4v) is 5.29. The van der Waals surface area contributed by atoms with Gasteiger partial charge in [-0.05, 0) is 53.1 Å². The van der Waals surface area contributed by atoms with Gasteiger partial charge in [0.2, 0.25) is 11.8 Å². The lowest BCUT2D eigenvalue weighted by Gasteiger charge is -2.30. The van der Waals surface area contributed by atoms with Gasteiger partial charge in [-0.15, -0.1) is 0 Å². The second-order valence-corrected chi connectivity index (χ2v) is 9.26. The van der Waals surface area contributed by atoms with Gasteiger partial charge in [0.1, 0.15) is 6.10 Å². The Morgan fingerprint density at radius 3 is 2.73 bits per heavy atom. The molecule has 0 saturated carbocycles. The predicted molar refractivity (Wildman–Crippen MR) is 129 cm³/mol. The van der Waals surface area contributed by atoms with Crippen LogP contribution in [0.4, 0.5) is 0 Å². The van der Waals surface area contributed by atoms with E-state index in [1.807, 2.05) is 24.3 Å². The van der Waals surface area contributed by atoms with Crippen LogP contribution in [0.2, 0.25) is 0 Å². The first-order chi connectivity index (χ1) is 16.1. The lowest BCUT2D eigenvalue weighted by Crippen LogP contribution is -2.44. The van der Waals surface area contributed by atoms with E-state index in [2.05, 4.69) is 53.1 Å². The van der Waals surface area contributed by atoms with Crippen molar-refractivity contribution in [1.29, 1.82) is 0 Å². The van der Waals surface area contributed by atoms with Crippen LogP contribution in [0.5, 0.6) is 0 Å². The molecule has 0 aliphatic carbocycles. The van der Waals surface area contributed by atoms with Crippen LogP contribution < -0.4 is 10.6 Å². The van der Waals surface area contributed by atoms with Crippen molar-refractivity contribution >= 4 is 22.6 Å². The van der Waals surface area contributed by atoms with Crippen LogP contribution in [0, 0.1) is 0 Å². The van der Waals surface area contributed by atoms with Crippen molar-refractivity contribution < 1.29 is 14.3 Å². The van der Waals surface area contributed by atoms with Crippen molar-refractivity contribution in [3.63, 3.8) is 0 Å². The fourth-order valence-electron chi connectivity index (χ4n) is 5.29. The standard InChI is InChI=1S/C28H30N2O3/c31-26(29-19-25-24-11-4-2-7-21(24)14-17-33-25)12-15-28(16-13-27(32)30-28)18-22-9-5-8-20-6-1-3-10-23(20)22/h1-11,25H,12-19H2,(H,29,31)(H,30,32)/t25-,28+/m0/s1. The summed E-state index contributed by atoms with van der Waals surface area (Å²) in [5.41, 5.74) is 3.29. The second kappa shape index (κ2) is 9.36. The largest absolute Gasteiger partial charge is 0.371 e. The molecule has 1 fully saturated rings. The first-order valence-corrected chi connectivity index (χ1v) is 11.9. The van der Waals surface area contributed by atoms with Crippen molar-refractivity contribution in [2.75, 3.05) is 13.2 Å². The number of carbonyl (C=O) groups is 2. The molecule has 170 valence electrons. The smallest absolute Gasteiger partial charge is 0.220 e. The lowest BCUT2D eigenvalue weighted by atomic mass is 9.83. The summed E-state index contributed by atoms with van der Waals surface area (Å²) in [6, 6.07) is 22.9. The number of fused-ring (bicyclic) bond motifs is 2. The van der Waals surface area contributed by atoms with Crippen LogP contribution in [0.1, 0.15) is 48.5 Å². The molecule has 3 aromatic rings. The molecule has 2 aliphatic rings. The summed E-state index contributed by atoms with van der Waals surface area (Å²) >= 11 is 0. The zero-order chi connectivity index (χ0) is 22.7.